The van der Waals surface area contributed by atoms with Crippen LogP contribution in [0.25, 0.3) is 0 Å². The van der Waals surface area contributed by atoms with E-state index >= 15 is 0 Å². The Balaban J connectivity index is 1.92. The number of hydrogen-bond acceptors (Lipinski definition) is 0. The van der Waals surface area contributed by atoms with E-state index in [0.29, 0.717) is 10.4 Å². The fraction of sp³-hybridized carbons (Fsp3) is 0.500. The average molecular weight is 264 g/mol. The van der Waals surface area contributed by atoms with E-state index in [4.69, 9.17) is 34.8 Å². The van der Waals surface area contributed by atoms with Crippen molar-refractivity contribution >= 4 is 34.8 Å². The number of rotatable bonds is 4. The van der Waals surface area contributed by atoms with Crippen molar-refractivity contribution in [2.75, 3.05) is 0 Å². The summed E-state index contributed by atoms with van der Waals surface area (Å²) in [6.45, 7) is 0. The number of hydrogen-bond donors (Lipinski definition) is 0. The molecule has 1 fully saturated rings. The molecule has 0 radical (unpaired) electrons. The Morgan fingerprint density at radius 2 is 2.00 bits per heavy atom. The van der Waals surface area contributed by atoms with Gasteiger partial charge in [-0.05, 0) is 49.3 Å². The largest absolute Gasteiger partial charge is 0.123 e. The maximum atomic E-state index is 6.24. The van der Waals surface area contributed by atoms with Crippen molar-refractivity contribution in [2.24, 2.45) is 5.92 Å². The van der Waals surface area contributed by atoms with E-state index in [-0.39, 0.29) is 0 Å². The van der Waals surface area contributed by atoms with Crippen molar-refractivity contribution in [2.45, 2.75) is 31.1 Å². The van der Waals surface area contributed by atoms with Gasteiger partial charge < -0.3 is 0 Å². The molecule has 0 heterocycles. The molecule has 2 rings (SSSR count). The molecular formula is C12H13Cl3. The summed E-state index contributed by atoms with van der Waals surface area (Å²) in [6.07, 6.45) is 4.54. The van der Waals surface area contributed by atoms with Gasteiger partial charge >= 0.3 is 0 Å². The Morgan fingerprint density at radius 1 is 1.27 bits per heavy atom. The van der Waals surface area contributed by atoms with Crippen molar-refractivity contribution in [3.63, 3.8) is 0 Å². The normalized spacial score (nSPS) is 17.8. The van der Waals surface area contributed by atoms with Gasteiger partial charge in [0.1, 0.15) is 0 Å². The second kappa shape index (κ2) is 4.95. The molecule has 0 saturated heterocycles. The lowest BCUT2D eigenvalue weighted by atomic mass is 10.1. The molecule has 0 aromatic heterocycles. The van der Waals surface area contributed by atoms with Gasteiger partial charge in [-0.25, -0.2) is 0 Å². The van der Waals surface area contributed by atoms with E-state index < -0.39 is 0 Å². The van der Waals surface area contributed by atoms with Gasteiger partial charge in [-0.15, -0.1) is 11.6 Å². The molecule has 1 aliphatic carbocycles. The first-order valence-corrected chi connectivity index (χ1v) is 6.44. The van der Waals surface area contributed by atoms with Crippen molar-refractivity contribution in [3.8, 4) is 0 Å². The smallest absolute Gasteiger partial charge is 0.0452 e. The average Bonchev–Trinajstić information content (AvgIpc) is 2.99. The molecule has 1 aromatic rings. The highest BCUT2D eigenvalue weighted by atomic mass is 35.5. The van der Waals surface area contributed by atoms with Crippen LogP contribution < -0.4 is 0 Å². The highest BCUT2D eigenvalue weighted by Gasteiger charge is 2.29. The Morgan fingerprint density at radius 3 is 2.60 bits per heavy atom. The lowest BCUT2D eigenvalue weighted by Gasteiger charge is -2.08. The minimum atomic E-state index is 0.316. The third-order valence-corrected chi connectivity index (χ3v) is 4.00. The lowest BCUT2D eigenvalue weighted by Crippen LogP contribution is -2.03. The predicted molar refractivity (Wildman–Crippen MR) is 67.1 cm³/mol. The summed E-state index contributed by atoms with van der Waals surface area (Å²) in [5.41, 5.74) is 1.15. The summed E-state index contributed by atoms with van der Waals surface area (Å²) in [7, 11) is 0. The molecule has 0 N–H and O–H groups in total. The standard InChI is InChI=1S/C12H13Cl3/c13-10-5-3-9(12(15)7-10)4-6-11(14)8-1-2-8/h3,5,7-8,11H,1-2,4,6H2. The zero-order chi connectivity index (χ0) is 10.8. The minimum Gasteiger partial charge on any atom is -0.123 e. The van der Waals surface area contributed by atoms with E-state index in [2.05, 4.69) is 0 Å². The van der Waals surface area contributed by atoms with Crippen LogP contribution in [0.4, 0.5) is 0 Å². The van der Waals surface area contributed by atoms with Crippen molar-refractivity contribution in [3.05, 3.63) is 33.8 Å². The molecule has 0 nitrogen and oxygen atoms in total. The SMILES string of the molecule is Clc1ccc(CCC(Cl)C2CC2)c(Cl)c1. The molecule has 0 amide bonds. The Bertz CT molecular complexity index is 345. The zero-order valence-electron chi connectivity index (χ0n) is 8.35. The maximum Gasteiger partial charge on any atom is 0.0452 e. The quantitative estimate of drug-likeness (QED) is 0.675. The van der Waals surface area contributed by atoms with Gasteiger partial charge in [0, 0.05) is 15.4 Å². The predicted octanol–water partition coefficient (Wildman–Crippen LogP) is 4.94. The third kappa shape index (κ3) is 3.27. The molecule has 1 aliphatic rings. The van der Waals surface area contributed by atoms with Gasteiger partial charge in [0.2, 0.25) is 0 Å². The monoisotopic (exact) mass is 262 g/mol. The molecule has 3 heteroatoms. The first-order valence-electron chi connectivity index (χ1n) is 5.25. The molecular weight excluding hydrogens is 250 g/mol. The molecule has 1 unspecified atom stereocenters. The van der Waals surface area contributed by atoms with Crippen molar-refractivity contribution in [1.82, 2.24) is 0 Å². The first kappa shape index (κ1) is 11.6. The Hall–Kier alpha value is 0.0900. The van der Waals surface area contributed by atoms with Crippen LogP contribution in [0.1, 0.15) is 24.8 Å². The van der Waals surface area contributed by atoms with Crippen LogP contribution in [0.3, 0.4) is 0 Å². The van der Waals surface area contributed by atoms with E-state index in [0.717, 1.165) is 29.3 Å². The minimum absolute atomic E-state index is 0.316. The molecule has 1 saturated carbocycles. The van der Waals surface area contributed by atoms with Crippen LogP contribution in [-0.4, -0.2) is 5.38 Å². The Kier molecular flexibility index (Phi) is 3.82. The summed E-state index contributed by atoms with van der Waals surface area (Å²) in [5, 5.41) is 1.76. The van der Waals surface area contributed by atoms with E-state index in [1.165, 1.54) is 12.8 Å². The molecule has 0 aliphatic heterocycles. The highest BCUT2D eigenvalue weighted by molar-refractivity contribution is 6.35. The first-order chi connectivity index (χ1) is 7.16. The van der Waals surface area contributed by atoms with Crippen LogP contribution in [0.15, 0.2) is 18.2 Å². The third-order valence-electron chi connectivity index (χ3n) is 2.84. The molecule has 1 aromatic carbocycles. The van der Waals surface area contributed by atoms with Crippen LogP contribution in [0, 0.1) is 5.92 Å². The van der Waals surface area contributed by atoms with E-state index in [1.54, 1.807) is 6.07 Å². The van der Waals surface area contributed by atoms with Crippen LogP contribution in [0.5, 0.6) is 0 Å². The van der Waals surface area contributed by atoms with Gasteiger partial charge in [0.25, 0.3) is 0 Å². The van der Waals surface area contributed by atoms with E-state index in [1.807, 2.05) is 12.1 Å². The van der Waals surface area contributed by atoms with Gasteiger partial charge in [-0.3, -0.25) is 0 Å². The summed E-state index contributed by atoms with van der Waals surface area (Å²) in [6, 6.07) is 5.66. The van der Waals surface area contributed by atoms with Gasteiger partial charge in [0.05, 0.1) is 0 Å². The van der Waals surface area contributed by atoms with Crippen molar-refractivity contribution < 1.29 is 0 Å². The summed E-state index contributed by atoms with van der Waals surface area (Å²) < 4.78 is 0. The number of halogens is 3. The molecule has 82 valence electrons. The summed E-state index contributed by atoms with van der Waals surface area (Å²) in [5.74, 6) is 0.748. The van der Waals surface area contributed by atoms with Crippen LogP contribution in [-0.2, 0) is 6.42 Å². The molecule has 15 heavy (non-hydrogen) atoms. The number of aryl methyl sites for hydroxylation is 1. The fourth-order valence-electron chi connectivity index (χ4n) is 1.71. The Labute approximate surface area is 106 Å². The van der Waals surface area contributed by atoms with E-state index in [9.17, 15) is 0 Å². The maximum absolute atomic E-state index is 6.24. The summed E-state index contributed by atoms with van der Waals surface area (Å²) in [4.78, 5) is 0. The fourth-order valence-corrected chi connectivity index (χ4v) is 2.58. The van der Waals surface area contributed by atoms with Crippen molar-refractivity contribution in [1.29, 1.82) is 0 Å². The molecule has 0 bridgehead atoms. The number of benzene rings is 1. The lowest BCUT2D eigenvalue weighted by molar-refractivity contribution is 0.676. The second-order valence-corrected chi connectivity index (χ2v) is 5.53. The van der Waals surface area contributed by atoms with Crippen LogP contribution >= 0.6 is 34.8 Å². The summed E-state index contributed by atoms with van der Waals surface area (Å²) >= 11 is 18.2. The number of alkyl halides is 1. The zero-order valence-corrected chi connectivity index (χ0v) is 10.6. The van der Waals surface area contributed by atoms with Gasteiger partial charge in [-0.1, -0.05) is 29.3 Å². The molecule has 0 spiro atoms. The second-order valence-electron chi connectivity index (χ2n) is 4.13. The van der Waals surface area contributed by atoms with Gasteiger partial charge in [0.15, 0.2) is 0 Å². The topological polar surface area (TPSA) is 0 Å². The highest BCUT2D eigenvalue weighted by Crippen LogP contribution is 2.38. The van der Waals surface area contributed by atoms with Gasteiger partial charge in [-0.2, -0.15) is 0 Å². The van der Waals surface area contributed by atoms with Crippen LogP contribution in [0.2, 0.25) is 10.0 Å². The molecule has 1 atom stereocenters.